The van der Waals surface area contributed by atoms with Gasteiger partial charge in [-0.05, 0) is 30.9 Å². The van der Waals surface area contributed by atoms with E-state index < -0.39 is 0 Å². The van der Waals surface area contributed by atoms with E-state index in [0.717, 1.165) is 37.0 Å². The third-order valence-electron chi connectivity index (χ3n) is 3.84. The zero-order valence-electron chi connectivity index (χ0n) is 11.8. The minimum absolute atomic E-state index is 0.175. The lowest BCUT2D eigenvalue weighted by Gasteiger charge is -2.09. The second-order valence-corrected chi connectivity index (χ2v) is 5.39. The van der Waals surface area contributed by atoms with Gasteiger partial charge in [0.1, 0.15) is 5.69 Å². The topological polar surface area (TPSA) is 77.2 Å². The number of anilines is 1. The Hall–Kier alpha value is -2.14. The number of benzene rings is 1. The summed E-state index contributed by atoms with van der Waals surface area (Å²) >= 11 is 0. The van der Waals surface area contributed by atoms with E-state index in [2.05, 4.69) is 10.3 Å². The molecule has 1 aliphatic heterocycles. The maximum Gasteiger partial charge on any atom is 0.269 e. The number of carbonyl (C=O) groups is 1. The molecule has 1 fully saturated rings. The molecular weight excluding hydrogens is 266 g/mol. The predicted octanol–water partition coefficient (Wildman–Crippen LogP) is 1.97. The Morgan fingerprint density at radius 1 is 1.43 bits per heavy atom. The van der Waals surface area contributed by atoms with Gasteiger partial charge in [0.2, 0.25) is 0 Å². The lowest BCUT2D eigenvalue weighted by molar-refractivity contribution is 0.0946. The van der Waals surface area contributed by atoms with Crippen molar-refractivity contribution in [2.45, 2.75) is 12.8 Å². The molecule has 110 valence electrons. The van der Waals surface area contributed by atoms with E-state index in [-0.39, 0.29) is 5.91 Å². The van der Waals surface area contributed by atoms with Gasteiger partial charge in [0, 0.05) is 30.8 Å². The van der Waals surface area contributed by atoms with Gasteiger partial charge in [-0.3, -0.25) is 4.79 Å². The number of hydrogen-bond donors (Lipinski definition) is 2. The summed E-state index contributed by atoms with van der Waals surface area (Å²) in [5.74, 6) is 0.381. The summed E-state index contributed by atoms with van der Waals surface area (Å²) in [6.45, 7) is 2.28. The van der Waals surface area contributed by atoms with E-state index in [1.807, 2.05) is 24.3 Å². The first-order chi connectivity index (χ1) is 10.2. The normalized spacial score (nSPS) is 18.0. The molecule has 3 rings (SSSR count). The lowest BCUT2D eigenvalue weighted by Crippen LogP contribution is -2.27. The maximum atomic E-state index is 12.2. The summed E-state index contributed by atoms with van der Waals surface area (Å²) in [5, 5.41) is 3.78. The molecule has 1 aromatic heterocycles. The predicted molar refractivity (Wildman–Crippen MR) is 82.0 cm³/mol. The highest BCUT2D eigenvalue weighted by Gasteiger charge is 2.16. The molecule has 1 amide bonds. The van der Waals surface area contributed by atoms with Crippen LogP contribution in [0.5, 0.6) is 0 Å². The van der Waals surface area contributed by atoms with Crippen molar-refractivity contribution in [3.8, 4) is 0 Å². The first-order valence-electron chi connectivity index (χ1n) is 7.25. The zero-order chi connectivity index (χ0) is 14.7. The number of fused-ring (bicyclic) bond motifs is 1. The lowest BCUT2D eigenvalue weighted by atomic mass is 10.1. The highest BCUT2D eigenvalue weighted by atomic mass is 16.5. The Labute approximate surface area is 123 Å². The third kappa shape index (κ3) is 3.13. The summed E-state index contributed by atoms with van der Waals surface area (Å²) in [6, 6.07) is 9.19. The fraction of sp³-hybridized carbons (Fsp3) is 0.375. The van der Waals surface area contributed by atoms with Crippen LogP contribution in [0, 0.1) is 5.92 Å². The smallest absolute Gasteiger partial charge is 0.269 e. The van der Waals surface area contributed by atoms with Gasteiger partial charge >= 0.3 is 0 Å². The summed E-state index contributed by atoms with van der Waals surface area (Å²) < 4.78 is 5.32. The van der Waals surface area contributed by atoms with Crippen LogP contribution in [-0.4, -0.2) is 30.6 Å². The van der Waals surface area contributed by atoms with E-state index in [9.17, 15) is 4.79 Å². The third-order valence-corrected chi connectivity index (χ3v) is 3.84. The van der Waals surface area contributed by atoms with Crippen LogP contribution in [-0.2, 0) is 4.74 Å². The largest absolute Gasteiger partial charge is 0.398 e. The van der Waals surface area contributed by atoms with Crippen molar-refractivity contribution in [3.63, 3.8) is 0 Å². The van der Waals surface area contributed by atoms with E-state index in [1.165, 1.54) is 0 Å². The van der Waals surface area contributed by atoms with Crippen molar-refractivity contribution in [2.24, 2.45) is 5.92 Å². The second kappa shape index (κ2) is 6.10. The minimum Gasteiger partial charge on any atom is -0.398 e. The number of carbonyl (C=O) groups excluding carboxylic acids is 1. The molecule has 3 N–H and O–H groups in total. The van der Waals surface area contributed by atoms with Crippen LogP contribution in [0.2, 0.25) is 0 Å². The van der Waals surface area contributed by atoms with E-state index >= 15 is 0 Å². The number of para-hydroxylation sites is 1. The Morgan fingerprint density at radius 3 is 3.10 bits per heavy atom. The molecule has 1 saturated heterocycles. The van der Waals surface area contributed by atoms with Crippen molar-refractivity contribution in [1.82, 2.24) is 10.3 Å². The number of ether oxygens (including phenoxy) is 1. The molecular formula is C16H19N3O2. The van der Waals surface area contributed by atoms with E-state index in [4.69, 9.17) is 10.5 Å². The van der Waals surface area contributed by atoms with Gasteiger partial charge in [-0.1, -0.05) is 18.2 Å². The first-order valence-corrected chi connectivity index (χ1v) is 7.25. The standard InChI is InChI=1S/C16H19N3O2/c17-13-9-15(19-14-4-2-1-3-12(13)14)16(20)18-7-5-11-6-8-21-10-11/h1-4,9,11H,5-8,10H2,(H2,17,19)(H,18,20). The average molecular weight is 285 g/mol. The molecule has 0 saturated carbocycles. The molecule has 0 aliphatic carbocycles. The van der Waals surface area contributed by atoms with Crippen LogP contribution < -0.4 is 11.1 Å². The SMILES string of the molecule is Nc1cc(C(=O)NCCC2CCOC2)nc2ccccc12. The Balaban J connectivity index is 1.66. The van der Waals surface area contributed by atoms with Gasteiger partial charge < -0.3 is 15.8 Å². The van der Waals surface area contributed by atoms with Gasteiger partial charge in [0.25, 0.3) is 5.91 Å². The fourth-order valence-electron chi connectivity index (χ4n) is 2.61. The molecule has 2 heterocycles. The Kier molecular flexibility index (Phi) is 4.01. The van der Waals surface area contributed by atoms with Gasteiger partial charge in [0.05, 0.1) is 5.52 Å². The van der Waals surface area contributed by atoms with Crippen molar-refractivity contribution >= 4 is 22.5 Å². The number of pyridine rings is 1. The molecule has 1 aromatic carbocycles. The highest BCUT2D eigenvalue weighted by molar-refractivity contribution is 5.99. The van der Waals surface area contributed by atoms with Crippen LogP contribution in [0.1, 0.15) is 23.3 Å². The van der Waals surface area contributed by atoms with Gasteiger partial charge in [-0.25, -0.2) is 4.98 Å². The summed E-state index contributed by atoms with van der Waals surface area (Å²) in [4.78, 5) is 16.5. The van der Waals surface area contributed by atoms with Crippen molar-refractivity contribution < 1.29 is 9.53 Å². The fourth-order valence-corrected chi connectivity index (χ4v) is 2.61. The van der Waals surface area contributed by atoms with Crippen LogP contribution in [0.15, 0.2) is 30.3 Å². The second-order valence-electron chi connectivity index (χ2n) is 5.39. The molecule has 1 unspecified atom stereocenters. The molecule has 0 radical (unpaired) electrons. The number of nitrogen functional groups attached to an aromatic ring is 1. The number of rotatable bonds is 4. The van der Waals surface area contributed by atoms with Gasteiger partial charge in [0.15, 0.2) is 0 Å². The first kappa shape index (κ1) is 13.8. The zero-order valence-corrected chi connectivity index (χ0v) is 11.8. The minimum atomic E-state index is -0.175. The monoisotopic (exact) mass is 285 g/mol. The molecule has 1 aliphatic rings. The molecule has 5 heteroatoms. The summed E-state index contributed by atoms with van der Waals surface area (Å²) in [5.41, 5.74) is 7.68. The molecule has 1 atom stereocenters. The maximum absolute atomic E-state index is 12.2. The number of aromatic nitrogens is 1. The van der Waals surface area contributed by atoms with Gasteiger partial charge in [-0.2, -0.15) is 0 Å². The number of nitrogens with zero attached hydrogens (tertiary/aromatic N) is 1. The molecule has 5 nitrogen and oxygen atoms in total. The van der Waals surface area contributed by atoms with Crippen LogP contribution >= 0.6 is 0 Å². The average Bonchev–Trinajstić information content (AvgIpc) is 3.00. The Bertz CT molecular complexity index is 651. The van der Waals surface area contributed by atoms with Crippen LogP contribution in [0.25, 0.3) is 10.9 Å². The molecule has 0 bridgehead atoms. The number of amides is 1. The number of nitrogens with two attached hydrogens (primary N) is 1. The highest BCUT2D eigenvalue weighted by Crippen LogP contribution is 2.20. The van der Waals surface area contributed by atoms with E-state index in [1.54, 1.807) is 6.07 Å². The number of hydrogen-bond acceptors (Lipinski definition) is 4. The number of nitrogens with one attached hydrogen (secondary N) is 1. The van der Waals surface area contributed by atoms with Crippen molar-refractivity contribution in [3.05, 3.63) is 36.0 Å². The Morgan fingerprint density at radius 2 is 2.29 bits per heavy atom. The quantitative estimate of drug-likeness (QED) is 0.900. The van der Waals surface area contributed by atoms with Crippen molar-refractivity contribution in [1.29, 1.82) is 0 Å². The van der Waals surface area contributed by atoms with Gasteiger partial charge in [-0.15, -0.1) is 0 Å². The molecule has 2 aromatic rings. The van der Waals surface area contributed by atoms with Crippen LogP contribution in [0.3, 0.4) is 0 Å². The van der Waals surface area contributed by atoms with Crippen LogP contribution in [0.4, 0.5) is 5.69 Å². The van der Waals surface area contributed by atoms with Crippen molar-refractivity contribution in [2.75, 3.05) is 25.5 Å². The molecule has 21 heavy (non-hydrogen) atoms. The van der Waals surface area contributed by atoms with E-state index in [0.29, 0.717) is 23.8 Å². The molecule has 0 spiro atoms. The summed E-state index contributed by atoms with van der Waals surface area (Å²) in [6.07, 6.45) is 2.02. The summed E-state index contributed by atoms with van der Waals surface area (Å²) in [7, 11) is 0.